The average molecular weight is 327 g/mol. The number of hydrogen-bond acceptors (Lipinski definition) is 4. The Morgan fingerprint density at radius 2 is 2.00 bits per heavy atom. The molecule has 5 nitrogen and oxygen atoms in total. The first kappa shape index (κ1) is 15.6. The van der Waals surface area contributed by atoms with E-state index in [1.54, 1.807) is 6.20 Å². The second kappa shape index (κ2) is 6.19. The first-order valence-electron chi connectivity index (χ1n) is 9.11. The topological polar surface area (TPSA) is 57.0 Å². The van der Waals surface area contributed by atoms with Crippen LogP contribution in [0.25, 0.3) is 11.2 Å². The van der Waals surface area contributed by atoms with E-state index in [2.05, 4.69) is 16.5 Å². The number of methoxy groups -OCH3 is 1. The quantitative estimate of drug-likeness (QED) is 0.799. The van der Waals surface area contributed by atoms with Gasteiger partial charge in [-0.05, 0) is 43.6 Å². The number of aromatic nitrogens is 3. The second-order valence-corrected chi connectivity index (χ2v) is 7.52. The van der Waals surface area contributed by atoms with Crippen LogP contribution in [0.5, 0.6) is 0 Å². The van der Waals surface area contributed by atoms with E-state index in [9.17, 15) is 4.79 Å². The van der Waals surface area contributed by atoms with Gasteiger partial charge in [-0.1, -0.05) is 19.8 Å². The standard InChI is InChI=1S/C19H25N3O2/c1-12-3-5-13(6-4-12)9-17-21-16-10-14(19(23)24-2)11-20-18(16)22(17)15-7-8-15/h10-13,15H,3-9H2,1-2H3. The van der Waals surface area contributed by atoms with Crippen LogP contribution in [0.15, 0.2) is 12.3 Å². The maximum Gasteiger partial charge on any atom is 0.339 e. The fraction of sp³-hybridized carbons (Fsp3) is 0.632. The lowest BCUT2D eigenvalue weighted by atomic mass is 9.81. The molecule has 2 aromatic heterocycles. The van der Waals surface area contributed by atoms with Crippen molar-refractivity contribution in [1.82, 2.24) is 14.5 Å². The summed E-state index contributed by atoms with van der Waals surface area (Å²) in [6, 6.07) is 2.36. The maximum absolute atomic E-state index is 11.7. The fourth-order valence-corrected chi connectivity index (χ4v) is 3.91. The van der Waals surface area contributed by atoms with Crippen molar-refractivity contribution in [2.24, 2.45) is 11.8 Å². The van der Waals surface area contributed by atoms with E-state index in [-0.39, 0.29) is 5.97 Å². The van der Waals surface area contributed by atoms with Gasteiger partial charge in [0.15, 0.2) is 5.65 Å². The van der Waals surface area contributed by atoms with Gasteiger partial charge in [-0.25, -0.2) is 14.8 Å². The smallest absolute Gasteiger partial charge is 0.339 e. The molecule has 2 heterocycles. The Kier molecular flexibility index (Phi) is 4.02. The number of nitrogens with zero attached hydrogens (tertiary/aromatic N) is 3. The molecule has 0 N–H and O–H groups in total. The van der Waals surface area contributed by atoms with Gasteiger partial charge in [-0.2, -0.15) is 0 Å². The zero-order valence-electron chi connectivity index (χ0n) is 14.5. The van der Waals surface area contributed by atoms with Gasteiger partial charge >= 0.3 is 5.97 Å². The molecule has 0 spiro atoms. The summed E-state index contributed by atoms with van der Waals surface area (Å²) in [6.45, 7) is 2.36. The van der Waals surface area contributed by atoms with Gasteiger partial charge in [0.25, 0.3) is 0 Å². The number of esters is 1. The average Bonchev–Trinajstić information content (AvgIpc) is 3.37. The molecule has 0 saturated heterocycles. The highest BCUT2D eigenvalue weighted by Crippen LogP contribution is 2.39. The van der Waals surface area contributed by atoms with E-state index >= 15 is 0 Å². The molecule has 0 atom stereocenters. The summed E-state index contributed by atoms with van der Waals surface area (Å²) in [5, 5.41) is 0. The van der Waals surface area contributed by atoms with Crippen LogP contribution in [0, 0.1) is 11.8 Å². The van der Waals surface area contributed by atoms with Gasteiger partial charge in [0.2, 0.25) is 0 Å². The van der Waals surface area contributed by atoms with Crippen LogP contribution in [-0.2, 0) is 11.2 Å². The van der Waals surface area contributed by atoms with E-state index in [1.807, 2.05) is 6.07 Å². The van der Waals surface area contributed by atoms with E-state index in [1.165, 1.54) is 45.6 Å². The first-order chi connectivity index (χ1) is 11.7. The number of imidazole rings is 1. The Bertz CT molecular complexity index is 755. The molecule has 128 valence electrons. The summed E-state index contributed by atoms with van der Waals surface area (Å²) < 4.78 is 7.13. The van der Waals surface area contributed by atoms with Crippen LogP contribution in [-0.4, -0.2) is 27.6 Å². The molecule has 0 aliphatic heterocycles. The van der Waals surface area contributed by atoms with Crippen molar-refractivity contribution >= 4 is 17.1 Å². The molecule has 0 radical (unpaired) electrons. The monoisotopic (exact) mass is 327 g/mol. The van der Waals surface area contributed by atoms with Crippen molar-refractivity contribution < 1.29 is 9.53 Å². The summed E-state index contributed by atoms with van der Waals surface area (Å²) in [6.07, 6.45) is 10.3. The summed E-state index contributed by atoms with van der Waals surface area (Å²) >= 11 is 0. The van der Waals surface area contributed by atoms with Crippen molar-refractivity contribution in [1.29, 1.82) is 0 Å². The SMILES string of the molecule is COC(=O)c1cnc2c(c1)nc(CC1CCC(C)CC1)n2C1CC1. The highest BCUT2D eigenvalue weighted by Gasteiger charge is 2.30. The molecular weight excluding hydrogens is 302 g/mol. The van der Waals surface area contributed by atoms with Crippen molar-refractivity contribution in [2.45, 2.75) is 57.9 Å². The minimum Gasteiger partial charge on any atom is -0.465 e. The largest absolute Gasteiger partial charge is 0.465 e. The number of rotatable bonds is 4. The summed E-state index contributed by atoms with van der Waals surface area (Å²) in [7, 11) is 1.39. The van der Waals surface area contributed by atoms with Crippen molar-refractivity contribution in [3.63, 3.8) is 0 Å². The predicted octanol–water partition coefficient (Wildman–Crippen LogP) is 3.92. The first-order valence-corrected chi connectivity index (χ1v) is 9.11. The molecular formula is C19H25N3O2. The van der Waals surface area contributed by atoms with Crippen LogP contribution >= 0.6 is 0 Å². The lowest BCUT2D eigenvalue weighted by Gasteiger charge is -2.26. The Morgan fingerprint density at radius 1 is 1.25 bits per heavy atom. The minimum absolute atomic E-state index is 0.354. The molecule has 5 heteroatoms. The number of hydrogen-bond donors (Lipinski definition) is 0. The van der Waals surface area contributed by atoms with Gasteiger partial charge in [0, 0.05) is 18.7 Å². The molecule has 4 rings (SSSR count). The zero-order valence-corrected chi connectivity index (χ0v) is 14.5. The highest BCUT2D eigenvalue weighted by molar-refractivity contribution is 5.92. The van der Waals surface area contributed by atoms with Crippen LogP contribution in [0.1, 0.15) is 67.7 Å². The van der Waals surface area contributed by atoms with Crippen LogP contribution in [0.4, 0.5) is 0 Å². The van der Waals surface area contributed by atoms with Gasteiger partial charge in [0.05, 0.1) is 12.7 Å². The molecule has 2 aliphatic rings. The van der Waals surface area contributed by atoms with Crippen molar-refractivity contribution in [3.05, 3.63) is 23.7 Å². The number of pyridine rings is 1. The molecule has 0 amide bonds. The Balaban J connectivity index is 1.66. The lowest BCUT2D eigenvalue weighted by Crippen LogP contribution is -2.16. The van der Waals surface area contributed by atoms with Gasteiger partial charge < -0.3 is 9.30 Å². The molecule has 0 aromatic carbocycles. The third-order valence-electron chi connectivity index (χ3n) is 5.54. The van der Waals surface area contributed by atoms with Crippen molar-refractivity contribution in [3.8, 4) is 0 Å². The number of carbonyl (C=O) groups is 1. The van der Waals surface area contributed by atoms with Gasteiger partial charge in [-0.3, -0.25) is 0 Å². The normalized spacial score (nSPS) is 24.2. The van der Waals surface area contributed by atoms with E-state index in [0.717, 1.165) is 35.2 Å². The van der Waals surface area contributed by atoms with Crippen LogP contribution in [0.2, 0.25) is 0 Å². The number of fused-ring (bicyclic) bond motifs is 1. The minimum atomic E-state index is -0.354. The third-order valence-corrected chi connectivity index (χ3v) is 5.54. The summed E-state index contributed by atoms with van der Waals surface area (Å²) in [5.41, 5.74) is 2.22. The zero-order chi connectivity index (χ0) is 16.7. The van der Waals surface area contributed by atoms with Crippen LogP contribution in [0.3, 0.4) is 0 Å². The number of ether oxygens (including phenoxy) is 1. The molecule has 24 heavy (non-hydrogen) atoms. The Labute approximate surface area is 142 Å². The predicted molar refractivity (Wildman–Crippen MR) is 92.0 cm³/mol. The van der Waals surface area contributed by atoms with Crippen molar-refractivity contribution in [2.75, 3.05) is 7.11 Å². The van der Waals surface area contributed by atoms with Gasteiger partial charge in [0.1, 0.15) is 11.3 Å². The Hall–Kier alpha value is -1.91. The fourth-order valence-electron chi connectivity index (χ4n) is 3.91. The summed E-state index contributed by atoms with van der Waals surface area (Å²) in [5.74, 6) is 2.40. The van der Waals surface area contributed by atoms with Crippen LogP contribution < -0.4 is 0 Å². The molecule has 2 aromatic rings. The van der Waals surface area contributed by atoms with E-state index < -0.39 is 0 Å². The van der Waals surface area contributed by atoms with Gasteiger partial charge in [-0.15, -0.1) is 0 Å². The molecule has 2 aliphatic carbocycles. The third kappa shape index (κ3) is 2.92. The molecule has 2 fully saturated rings. The lowest BCUT2D eigenvalue weighted by molar-refractivity contribution is 0.0600. The van der Waals surface area contributed by atoms with E-state index in [4.69, 9.17) is 9.72 Å². The highest BCUT2D eigenvalue weighted by atomic mass is 16.5. The Morgan fingerprint density at radius 3 is 2.67 bits per heavy atom. The molecule has 0 unspecified atom stereocenters. The van der Waals surface area contributed by atoms with E-state index in [0.29, 0.717) is 11.6 Å². The molecule has 2 saturated carbocycles. The number of carbonyl (C=O) groups excluding carboxylic acids is 1. The summed E-state index contributed by atoms with van der Waals surface area (Å²) in [4.78, 5) is 21.1. The molecule has 0 bridgehead atoms. The second-order valence-electron chi connectivity index (χ2n) is 7.52. The maximum atomic E-state index is 11.7.